The Hall–Kier alpha value is -1.55. The number of ether oxygens (including phenoxy) is 1. The van der Waals surface area contributed by atoms with Crippen molar-refractivity contribution in [1.29, 1.82) is 0 Å². The zero-order valence-electron chi connectivity index (χ0n) is 12.6. The van der Waals surface area contributed by atoms with Gasteiger partial charge in [-0.05, 0) is 31.2 Å². The van der Waals surface area contributed by atoms with Crippen LogP contribution < -0.4 is 10.5 Å². The Morgan fingerprint density at radius 3 is 3.00 bits per heavy atom. The number of hydrogen-bond acceptors (Lipinski definition) is 3. The van der Waals surface area contributed by atoms with E-state index in [2.05, 4.69) is 6.92 Å². The van der Waals surface area contributed by atoms with Crippen molar-refractivity contribution in [2.45, 2.75) is 38.1 Å². The smallest absolute Gasteiger partial charge is 0.230 e. The molecule has 4 heteroatoms. The fourth-order valence-corrected chi connectivity index (χ4v) is 3.68. The van der Waals surface area contributed by atoms with Crippen LogP contribution in [0.15, 0.2) is 24.3 Å². The van der Waals surface area contributed by atoms with Gasteiger partial charge >= 0.3 is 0 Å². The van der Waals surface area contributed by atoms with E-state index >= 15 is 0 Å². The van der Waals surface area contributed by atoms with Gasteiger partial charge in [-0.1, -0.05) is 25.1 Å². The van der Waals surface area contributed by atoms with E-state index in [0.29, 0.717) is 19.1 Å². The summed E-state index contributed by atoms with van der Waals surface area (Å²) >= 11 is 0. The van der Waals surface area contributed by atoms with E-state index < -0.39 is 0 Å². The lowest BCUT2D eigenvalue weighted by Gasteiger charge is -2.41. The number of nitrogens with two attached hydrogens (primary N) is 1. The van der Waals surface area contributed by atoms with Crippen LogP contribution in [0.3, 0.4) is 0 Å². The molecule has 2 heterocycles. The summed E-state index contributed by atoms with van der Waals surface area (Å²) in [5.41, 5.74) is 6.96. The molecule has 0 saturated carbocycles. The highest BCUT2D eigenvalue weighted by atomic mass is 16.5. The number of carbonyl (C=O) groups excluding carboxylic acids is 1. The number of benzene rings is 1. The lowest BCUT2D eigenvalue weighted by atomic mass is 9.86. The Morgan fingerprint density at radius 1 is 1.38 bits per heavy atom. The summed E-state index contributed by atoms with van der Waals surface area (Å²) in [4.78, 5) is 15.1. The topological polar surface area (TPSA) is 55.6 Å². The van der Waals surface area contributed by atoms with E-state index in [1.54, 1.807) is 0 Å². The molecule has 1 amide bonds. The van der Waals surface area contributed by atoms with Gasteiger partial charge in [-0.2, -0.15) is 0 Å². The summed E-state index contributed by atoms with van der Waals surface area (Å²) in [7, 11) is 0. The van der Waals surface area contributed by atoms with Crippen LogP contribution in [-0.4, -0.2) is 36.5 Å². The molecule has 1 saturated heterocycles. The van der Waals surface area contributed by atoms with Gasteiger partial charge in [0.2, 0.25) is 5.91 Å². The normalized spacial score (nSPS) is 28.7. The summed E-state index contributed by atoms with van der Waals surface area (Å²) in [6.45, 7) is 4.21. The van der Waals surface area contributed by atoms with Gasteiger partial charge in [0.25, 0.3) is 0 Å². The maximum atomic E-state index is 13.0. The second kappa shape index (κ2) is 6.06. The third-order valence-electron chi connectivity index (χ3n) is 4.90. The molecule has 4 nitrogen and oxygen atoms in total. The lowest BCUT2D eigenvalue weighted by Crippen LogP contribution is -2.53. The van der Waals surface area contributed by atoms with E-state index in [1.807, 2.05) is 29.2 Å². The summed E-state index contributed by atoms with van der Waals surface area (Å²) in [6.07, 6.45) is 3.00. The maximum Gasteiger partial charge on any atom is 0.230 e. The average Bonchev–Trinajstić information content (AvgIpc) is 2.53. The Balaban J connectivity index is 1.85. The van der Waals surface area contributed by atoms with Crippen molar-refractivity contribution in [3.63, 3.8) is 0 Å². The van der Waals surface area contributed by atoms with Crippen LogP contribution in [0.4, 0.5) is 0 Å². The Labute approximate surface area is 126 Å². The molecule has 3 rings (SSSR count). The van der Waals surface area contributed by atoms with Crippen LogP contribution in [0.2, 0.25) is 0 Å². The molecular weight excluding hydrogens is 264 g/mol. The zero-order valence-corrected chi connectivity index (χ0v) is 12.6. The molecule has 0 aliphatic carbocycles. The van der Waals surface area contributed by atoms with Gasteiger partial charge in [0, 0.05) is 24.7 Å². The number of piperidine rings is 1. The second-order valence-corrected chi connectivity index (χ2v) is 6.18. The van der Waals surface area contributed by atoms with Gasteiger partial charge in [0.05, 0.1) is 12.5 Å². The molecule has 2 aliphatic rings. The first-order valence-corrected chi connectivity index (χ1v) is 7.94. The predicted octanol–water partition coefficient (Wildman–Crippen LogP) is 2.14. The third-order valence-corrected chi connectivity index (χ3v) is 4.90. The first-order chi connectivity index (χ1) is 10.2. The Kier molecular flexibility index (Phi) is 4.15. The fourth-order valence-electron chi connectivity index (χ4n) is 3.68. The van der Waals surface area contributed by atoms with Gasteiger partial charge in [-0.3, -0.25) is 4.79 Å². The number of fused-ring (bicyclic) bond motifs is 1. The minimum Gasteiger partial charge on any atom is -0.493 e. The standard InChI is InChI=1S/C17H24N2O2/c1-12-5-4-9-19(15(12)11-18)17(20)14-8-10-21-16-7-3-2-6-13(14)16/h2-3,6-7,12,14-15H,4-5,8-11,18H2,1H3/t12-,14-,15-/m1/s1. The van der Waals surface area contributed by atoms with Crippen LogP contribution in [0.1, 0.15) is 37.7 Å². The van der Waals surface area contributed by atoms with Gasteiger partial charge in [0.1, 0.15) is 5.75 Å². The van der Waals surface area contributed by atoms with Crippen molar-refractivity contribution in [3.8, 4) is 5.75 Å². The molecule has 3 atom stereocenters. The molecular formula is C17H24N2O2. The lowest BCUT2D eigenvalue weighted by molar-refractivity contribution is -0.138. The van der Waals surface area contributed by atoms with Gasteiger partial charge in [-0.15, -0.1) is 0 Å². The van der Waals surface area contributed by atoms with Crippen molar-refractivity contribution in [1.82, 2.24) is 4.90 Å². The van der Waals surface area contributed by atoms with Crippen molar-refractivity contribution in [2.24, 2.45) is 11.7 Å². The quantitative estimate of drug-likeness (QED) is 0.907. The fraction of sp³-hybridized carbons (Fsp3) is 0.588. The monoisotopic (exact) mass is 288 g/mol. The molecule has 0 unspecified atom stereocenters. The van der Waals surface area contributed by atoms with Crippen molar-refractivity contribution < 1.29 is 9.53 Å². The summed E-state index contributed by atoms with van der Waals surface area (Å²) < 4.78 is 5.67. The molecule has 1 aromatic rings. The van der Waals surface area contributed by atoms with E-state index in [1.165, 1.54) is 0 Å². The number of nitrogens with zero attached hydrogens (tertiary/aromatic N) is 1. The predicted molar refractivity (Wildman–Crippen MR) is 82.2 cm³/mol. The summed E-state index contributed by atoms with van der Waals surface area (Å²) in [5, 5.41) is 0. The molecule has 0 bridgehead atoms. The van der Waals surface area contributed by atoms with Gasteiger partial charge in [0.15, 0.2) is 0 Å². The van der Waals surface area contributed by atoms with Crippen LogP contribution in [0.25, 0.3) is 0 Å². The van der Waals surface area contributed by atoms with E-state index in [0.717, 1.165) is 37.1 Å². The number of para-hydroxylation sites is 1. The molecule has 0 radical (unpaired) electrons. The molecule has 2 aliphatic heterocycles. The molecule has 2 N–H and O–H groups in total. The van der Waals surface area contributed by atoms with Crippen molar-refractivity contribution >= 4 is 5.91 Å². The maximum absolute atomic E-state index is 13.0. The minimum absolute atomic E-state index is 0.0747. The van der Waals surface area contributed by atoms with E-state index in [9.17, 15) is 4.79 Å². The highest BCUT2D eigenvalue weighted by Gasteiger charge is 2.36. The molecule has 114 valence electrons. The van der Waals surface area contributed by atoms with Crippen LogP contribution >= 0.6 is 0 Å². The number of rotatable bonds is 2. The summed E-state index contributed by atoms with van der Waals surface area (Å²) in [6, 6.07) is 8.08. The van der Waals surface area contributed by atoms with Crippen molar-refractivity contribution in [3.05, 3.63) is 29.8 Å². The zero-order chi connectivity index (χ0) is 14.8. The molecule has 0 spiro atoms. The van der Waals surface area contributed by atoms with E-state index in [4.69, 9.17) is 10.5 Å². The first-order valence-electron chi connectivity index (χ1n) is 7.94. The summed E-state index contributed by atoms with van der Waals surface area (Å²) in [5.74, 6) is 1.50. The second-order valence-electron chi connectivity index (χ2n) is 6.18. The number of amides is 1. The van der Waals surface area contributed by atoms with Crippen LogP contribution in [0.5, 0.6) is 5.75 Å². The Bertz CT molecular complexity index is 517. The van der Waals surface area contributed by atoms with Crippen LogP contribution in [-0.2, 0) is 4.79 Å². The highest BCUT2D eigenvalue weighted by molar-refractivity contribution is 5.85. The molecule has 21 heavy (non-hydrogen) atoms. The molecule has 1 aromatic carbocycles. The Morgan fingerprint density at radius 2 is 2.19 bits per heavy atom. The van der Waals surface area contributed by atoms with Crippen molar-refractivity contribution in [2.75, 3.05) is 19.7 Å². The number of likely N-dealkylation sites (tertiary alicyclic amines) is 1. The van der Waals surface area contributed by atoms with Gasteiger partial charge in [-0.25, -0.2) is 0 Å². The molecule has 1 fully saturated rings. The average molecular weight is 288 g/mol. The SMILES string of the molecule is C[C@@H]1CCCN(C(=O)[C@@H]2CCOc3ccccc32)[C@@H]1CN. The first kappa shape index (κ1) is 14.4. The number of hydrogen-bond donors (Lipinski definition) is 1. The number of carbonyl (C=O) groups is 1. The largest absolute Gasteiger partial charge is 0.493 e. The minimum atomic E-state index is -0.0747. The molecule has 0 aromatic heterocycles. The van der Waals surface area contributed by atoms with Gasteiger partial charge < -0.3 is 15.4 Å². The van der Waals surface area contributed by atoms with E-state index in [-0.39, 0.29) is 17.9 Å². The highest BCUT2D eigenvalue weighted by Crippen LogP contribution is 2.36. The third kappa shape index (κ3) is 2.64. The van der Waals surface area contributed by atoms with Crippen LogP contribution in [0, 0.1) is 5.92 Å².